The Morgan fingerprint density at radius 2 is 1.83 bits per heavy atom. The number of carbonyl (C=O) groups is 2. The molecule has 0 aliphatic rings. The Morgan fingerprint density at radius 1 is 1.14 bits per heavy atom. The summed E-state index contributed by atoms with van der Waals surface area (Å²) in [5.41, 5.74) is 2.05. The summed E-state index contributed by atoms with van der Waals surface area (Å²) >= 11 is 0. The molecule has 2 heterocycles. The average molecular weight is 483 g/mol. The topological polar surface area (TPSA) is 148 Å². The number of anilines is 1. The van der Waals surface area contributed by atoms with Gasteiger partial charge in [-0.05, 0) is 52.0 Å². The standard InChI is InChI=1S/C23H25N5O7/c1-14-18(26-21(29)35-23(2,3)4)10-11-19(25-14)17-12-24-27(5)20(17)13-33-22(30)34-16-8-6-15(7-9-16)28(31)32/h6-12H,13H2,1-5H3,(H,26,29). The van der Waals surface area contributed by atoms with Crippen molar-refractivity contribution < 1.29 is 28.7 Å². The number of carbonyl (C=O) groups excluding carboxylic acids is 2. The summed E-state index contributed by atoms with van der Waals surface area (Å²) in [5, 5.41) is 17.6. The zero-order chi connectivity index (χ0) is 25.8. The molecule has 2 aromatic heterocycles. The fourth-order valence-corrected chi connectivity index (χ4v) is 2.99. The van der Waals surface area contributed by atoms with Crippen LogP contribution in [0.2, 0.25) is 0 Å². The molecule has 0 unspecified atom stereocenters. The molecule has 0 fully saturated rings. The van der Waals surface area contributed by atoms with Crippen LogP contribution in [-0.2, 0) is 23.1 Å². The van der Waals surface area contributed by atoms with Crippen molar-refractivity contribution in [3.05, 3.63) is 64.1 Å². The number of pyridine rings is 1. The number of rotatable bonds is 6. The van der Waals surface area contributed by atoms with Gasteiger partial charge in [-0.3, -0.25) is 25.1 Å². The lowest BCUT2D eigenvalue weighted by Crippen LogP contribution is -2.27. The largest absolute Gasteiger partial charge is 0.514 e. The maximum atomic E-state index is 12.1. The Balaban J connectivity index is 1.67. The number of hydrogen-bond acceptors (Lipinski definition) is 9. The molecule has 184 valence electrons. The number of nitro groups is 1. The van der Waals surface area contributed by atoms with E-state index in [4.69, 9.17) is 14.2 Å². The van der Waals surface area contributed by atoms with E-state index in [0.29, 0.717) is 28.3 Å². The predicted octanol–water partition coefficient (Wildman–Crippen LogP) is 4.76. The SMILES string of the molecule is Cc1nc(-c2cnn(C)c2COC(=O)Oc2ccc([N+](=O)[O-])cc2)ccc1NC(=O)OC(C)(C)C. The van der Waals surface area contributed by atoms with Crippen LogP contribution in [0, 0.1) is 17.0 Å². The van der Waals surface area contributed by atoms with Crippen molar-refractivity contribution in [3.8, 4) is 17.0 Å². The summed E-state index contributed by atoms with van der Waals surface area (Å²) in [5.74, 6) is 0.108. The first-order chi connectivity index (χ1) is 16.4. The van der Waals surface area contributed by atoms with E-state index in [-0.39, 0.29) is 18.0 Å². The number of nitrogens with one attached hydrogen (secondary N) is 1. The molecule has 12 heteroatoms. The smallest absolute Gasteiger partial charge is 0.444 e. The number of amides is 1. The third kappa shape index (κ3) is 6.76. The molecule has 0 atom stereocenters. The van der Waals surface area contributed by atoms with Crippen LogP contribution in [0.25, 0.3) is 11.3 Å². The molecule has 0 spiro atoms. The van der Waals surface area contributed by atoms with Crippen molar-refractivity contribution in [2.45, 2.75) is 39.9 Å². The molecule has 1 aromatic carbocycles. The van der Waals surface area contributed by atoms with Gasteiger partial charge in [-0.1, -0.05) is 0 Å². The minimum absolute atomic E-state index is 0.108. The van der Waals surface area contributed by atoms with Crippen LogP contribution in [0.1, 0.15) is 32.2 Å². The van der Waals surface area contributed by atoms with Gasteiger partial charge in [-0.25, -0.2) is 9.59 Å². The molecule has 0 bridgehead atoms. The number of nitrogens with zero attached hydrogens (tertiary/aromatic N) is 4. The van der Waals surface area contributed by atoms with E-state index in [1.807, 2.05) is 0 Å². The van der Waals surface area contributed by atoms with Gasteiger partial charge in [0, 0.05) is 24.7 Å². The zero-order valence-electron chi connectivity index (χ0n) is 19.9. The van der Waals surface area contributed by atoms with E-state index in [0.717, 1.165) is 0 Å². The van der Waals surface area contributed by atoms with Crippen LogP contribution in [0.5, 0.6) is 5.75 Å². The van der Waals surface area contributed by atoms with Crippen LogP contribution in [0.15, 0.2) is 42.6 Å². The van der Waals surface area contributed by atoms with Gasteiger partial charge in [0.1, 0.15) is 18.0 Å². The van der Waals surface area contributed by atoms with Gasteiger partial charge in [-0.15, -0.1) is 0 Å². The lowest BCUT2D eigenvalue weighted by molar-refractivity contribution is -0.384. The average Bonchev–Trinajstić information content (AvgIpc) is 3.13. The van der Waals surface area contributed by atoms with Gasteiger partial charge in [0.15, 0.2) is 0 Å². The molecule has 0 saturated heterocycles. The molecular weight excluding hydrogens is 458 g/mol. The molecular formula is C23H25N5O7. The second-order valence-corrected chi connectivity index (χ2v) is 8.48. The Hall–Kier alpha value is -4.48. The Labute approximate surface area is 201 Å². The highest BCUT2D eigenvalue weighted by molar-refractivity contribution is 5.86. The van der Waals surface area contributed by atoms with Crippen LogP contribution in [0.3, 0.4) is 0 Å². The third-order valence-electron chi connectivity index (χ3n) is 4.63. The van der Waals surface area contributed by atoms with E-state index >= 15 is 0 Å². The van der Waals surface area contributed by atoms with E-state index < -0.39 is 22.8 Å². The lowest BCUT2D eigenvalue weighted by Gasteiger charge is -2.20. The van der Waals surface area contributed by atoms with Crippen molar-refractivity contribution >= 4 is 23.6 Å². The second-order valence-electron chi connectivity index (χ2n) is 8.48. The van der Waals surface area contributed by atoms with Gasteiger partial charge in [-0.2, -0.15) is 5.10 Å². The van der Waals surface area contributed by atoms with E-state index in [1.54, 1.807) is 57.8 Å². The van der Waals surface area contributed by atoms with Crippen molar-refractivity contribution in [2.24, 2.45) is 7.05 Å². The van der Waals surface area contributed by atoms with Gasteiger partial charge in [0.05, 0.1) is 33.9 Å². The van der Waals surface area contributed by atoms with Gasteiger partial charge in [0.25, 0.3) is 5.69 Å². The predicted molar refractivity (Wildman–Crippen MR) is 125 cm³/mol. The molecule has 0 aliphatic carbocycles. The lowest BCUT2D eigenvalue weighted by atomic mass is 10.1. The molecule has 0 saturated carbocycles. The first-order valence-corrected chi connectivity index (χ1v) is 10.5. The molecule has 1 N–H and O–H groups in total. The van der Waals surface area contributed by atoms with Crippen molar-refractivity contribution in [3.63, 3.8) is 0 Å². The maximum Gasteiger partial charge on any atom is 0.514 e. The van der Waals surface area contributed by atoms with Crippen LogP contribution >= 0.6 is 0 Å². The highest BCUT2D eigenvalue weighted by Gasteiger charge is 2.19. The Morgan fingerprint density at radius 3 is 2.43 bits per heavy atom. The monoisotopic (exact) mass is 483 g/mol. The van der Waals surface area contributed by atoms with Crippen molar-refractivity contribution in [1.29, 1.82) is 0 Å². The summed E-state index contributed by atoms with van der Waals surface area (Å²) in [6.07, 6.45) is 0.0209. The fourth-order valence-electron chi connectivity index (χ4n) is 2.99. The van der Waals surface area contributed by atoms with Crippen molar-refractivity contribution in [2.75, 3.05) is 5.32 Å². The molecule has 0 aliphatic heterocycles. The fraction of sp³-hybridized carbons (Fsp3) is 0.304. The summed E-state index contributed by atoms with van der Waals surface area (Å²) in [4.78, 5) is 38.9. The number of ether oxygens (including phenoxy) is 3. The van der Waals surface area contributed by atoms with E-state index in [1.165, 1.54) is 24.3 Å². The third-order valence-corrected chi connectivity index (χ3v) is 4.63. The normalized spacial score (nSPS) is 11.0. The highest BCUT2D eigenvalue weighted by Crippen LogP contribution is 2.26. The summed E-state index contributed by atoms with van der Waals surface area (Å²) in [6.45, 7) is 6.90. The first kappa shape index (κ1) is 25.1. The maximum absolute atomic E-state index is 12.1. The van der Waals surface area contributed by atoms with E-state index in [9.17, 15) is 19.7 Å². The number of benzene rings is 1. The number of hydrogen-bond donors (Lipinski definition) is 1. The van der Waals surface area contributed by atoms with Crippen LogP contribution in [0.4, 0.5) is 21.0 Å². The Bertz CT molecular complexity index is 1250. The molecule has 1 amide bonds. The molecule has 0 radical (unpaired) electrons. The second kappa shape index (κ2) is 10.2. The molecule has 3 aromatic rings. The zero-order valence-corrected chi connectivity index (χ0v) is 19.9. The van der Waals surface area contributed by atoms with E-state index in [2.05, 4.69) is 15.4 Å². The minimum Gasteiger partial charge on any atom is -0.444 e. The summed E-state index contributed by atoms with van der Waals surface area (Å²) < 4.78 is 17.1. The Kier molecular flexibility index (Phi) is 7.33. The molecule has 35 heavy (non-hydrogen) atoms. The van der Waals surface area contributed by atoms with Gasteiger partial charge in [0.2, 0.25) is 0 Å². The van der Waals surface area contributed by atoms with Crippen molar-refractivity contribution in [1.82, 2.24) is 14.8 Å². The summed E-state index contributed by atoms with van der Waals surface area (Å²) in [6, 6.07) is 8.44. The quantitative estimate of drug-likeness (QED) is 0.227. The molecule has 3 rings (SSSR count). The number of nitro benzene ring substituents is 1. The number of aromatic nitrogens is 3. The van der Waals surface area contributed by atoms with Gasteiger partial charge < -0.3 is 14.2 Å². The number of aryl methyl sites for hydroxylation is 2. The first-order valence-electron chi connectivity index (χ1n) is 10.5. The highest BCUT2D eigenvalue weighted by atomic mass is 16.7. The van der Waals surface area contributed by atoms with Crippen LogP contribution in [-0.4, -0.2) is 37.5 Å². The van der Waals surface area contributed by atoms with Crippen LogP contribution < -0.4 is 10.1 Å². The van der Waals surface area contributed by atoms with Gasteiger partial charge >= 0.3 is 12.2 Å². The summed E-state index contributed by atoms with van der Waals surface area (Å²) in [7, 11) is 1.69. The number of non-ortho nitro benzene ring substituents is 1. The molecule has 12 nitrogen and oxygen atoms in total. The minimum atomic E-state index is -0.980.